The Hall–Kier alpha value is -7.84. The molecule has 0 spiro atoms. The molecule has 25 nitrogen and oxygen atoms in total. The first-order chi connectivity index (χ1) is 40.3. The standard InChI is InChI=1S/C59H75N9O16S/c1-12-67(45-23-39(59(25-33(3)26-59)55-64-62-31-65(55)10)24-46(63-45)68-29-42-40(52(68)73)21-38(22-44(42)85-11)28-66-19-13-14-32(2)27-66)57(77)78-30-37-15-16-43(41(20-37)51(72)60-17-18-61-56(76)84-58(7,8)9)82-54-50(81-36(6)71)48(80-35(5)70)47(79-34(4)69)49(83-54)53(74)75/h15-16,20-24,31-33,47-50,54H,12-14,17-19,25-30H2,1-11H3,(H,60,72)(H,61,76)(H,74,75)/t32-,33?,47-,48-,49-,50+,54+,59?/m0/s1. The Bertz CT molecular complexity index is 3200. The smallest absolute Gasteiger partial charge is 0.415 e. The molecule has 4 aliphatic rings. The summed E-state index contributed by atoms with van der Waals surface area (Å²) in [4.78, 5) is 117. The van der Waals surface area contributed by atoms with Crippen LogP contribution in [0.15, 0.2) is 53.7 Å². The fraction of sp³-hybridized carbons (Fsp3) is 0.542. The Morgan fingerprint density at radius 2 is 1.59 bits per heavy atom. The summed E-state index contributed by atoms with van der Waals surface area (Å²) in [6.45, 7) is 16.6. The highest BCUT2D eigenvalue weighted by Crippen LogP contribution is 2.53. The second-order valence-corrected chi connectivity index (χ2v) is 23.9. The number of carboxylic acids is 1. The number of esters is 3. The van der Waals surface area contributed by atoms with Crippen LogP contribution in [0.25, 0.3) is 0 Å². The number of carboxylic acid groups (broad SMARTS) is 1. The monoisotopic (exact) mass is 1200 g/mol. The maximum absolute atomic E-state index is 14.8. The van der Waals surface area contributed by atoms with Crippen LogP contribution < -0.4 is 25.2 Å². The molecule has 1 aliphatic carbocycles. The van der Waals surface area contributed by atoms with E-state index in [9.17, 15) is 43.5 Å². The summed E-state index contributed by atoms with van der Waals surface area (Å²) in [6, 6.07) is 12.0. The number of amides is 4. The van der Waals surface area contributed by atoms with Crippen LogP contribution in [0.1, 0.15) is 137 Å². The number of aromatic nitrogens is 4. The number of nitrogens with one attached hydrogen (secondary N) is 2. The molecule has 2 aromatic heterocycles. The van der Waals surface area contributed by atoms with Gasteiger partial charge in [0.1, 0.15) is 41.7 Å². The highest BCUT2D eigenvalue weighted by molar-refractivity contribution is 7.98. The van der Waals surface area contributed by atoms with Crippen LogP contribution in [0, 0.1) is 11.8 Å². The molecule has 6 atom stereocenters. The second kappa shape index (κ2) is 26.6. The molecule has 3 aliphatic heterocycles. The molecule has 4 aromatic rings. The number of anilines is 2. The van der Waals surface area contributed by atoms with Gasteiger partial charge in [0.15, 0.2) is 18.3 Å². The summed E-state index contributed by atoms with van der Waals surface area (Å²) >= 11 is 1.59. The number of nitrogens with zero attached hydrogens (tertiary/aromatic N) is 7. The summed E-state index contributed by atoms with van der Waals surface area (Å²) in [5.41, 5.74) is 1.91. The number of carbonyl (C=O) groups excluding carboxylic acids is 7. The minimum Gasteiger partial charge on any atom is -0.479 e. The lowest BCUT2D eigenvalue weighted by atomic mass is 9.58. The first-order valence-corrected chi connectivity index (χ1v) is 29.5. The predicted octanol–water partition coefficient (Wildman–Crippen LogP) is 6.44. The topological polar surface area (TPSA) is 299 Å². The molecule has 4 amide bonds. The van der Waals surface area contributed by atoms with Crippen molar-refractivity contribution in [1.82, 2.24) is 35.3 Å². The SMILES string of the molecule is CCN(C(=O)OCc1ccc(O[C@@H]2O[C@H](C(=O)O)[C@@H](OC(C)=O)[C@H](OC(C)=O)[C@H]2OC(C)=O)c(C(=O)NCCNC(=O)OC(C)(C)C)c1)c1cc(C2(c3nncn3C)CC(C)C2)cc(N2Cc3c(SC)cc(CN4CCC[C@H](C)C4)cc3C2=O)n1. The maximum Gasteiger partial charge on any atom is 0.415 e. The molecule has 0 radical (unpaired) electrons. The van der Waals surface area contributed by atoms with Crippen LogP contribution in [0.5, 0.6) is 5.75 Å². The third-order valence-corrected chi connectivity index (χ3v) is 15.8. The normalized spacial score (nSPS) is 22.9. The number of benzene rings is 2. The van der Waals surface area contributed by atoms with Crippen LogP contribution in [0.4, 0.5) is 21.2 Å². The van der Waals surface area contributed by atoms with Gasteiger partial charge in [-0.2, -0.15) is 0 Å². The minimum atomic E-state index is -2.05. The average Bonchev–Trinajstić information content (AvgIpc) is 2.59. The number of piperidine rings is 1. The van der Waals surface area contributed by atoms with Gasteiger partial charge in [0.25, 0.3) is 11.8 Å². The number of alkyl carbamates (subject to hydrolysis) is 1. The summed E-state index contributed by atoms with van der Waals surface area (Å²) in [5.74, 6) is -3.69. The van der Waals surface area contributed by atoms with Crippen molar-refractivity contribution in [1.29, 1.82) is 0 Å². The molecule has 0 bridgehead atoms. The average molecular weight is 1200 g/mol. The van der Waals surface area contributed by atoms with E-state index in [1.807, 2.05) is 36.1 Å². The van der Waals surface area contributed by atoms with Crippen LogP contribution in [0.2, 0.25) is 0 Å². The van der Waals surface area contributed by atoms with Gasteiger partial charge in [0.2, 0.25) is 12.4 Å². The molecular weight excluding hydrogens is 1120 g/mol. The van der Waals surface area contributed by atoms with Crippen LogP contribution in [0.3, 0.4) is 0 Å². The van der Waals surface area contributed by atoms with Crippen molar-refractivity contribution in [2.75, 3.05) is 48.8 Å². The van der Waals surface area contributed by atoms with Gasteiger partial charge < -0.3 is 53.5 Å². The van der Waals surface area contributed by atoms with Crippen molar-refractivity contribution in [2.45, 2.75) is 154 Å². The van der Waals surface area contributed by atoms with Gasteiger partial charge in [0, 0.05) is 71.0 Å². The molecule has 1 saturated carbocycles. The van der Waals surface area contributed by atoms with E-state index in [0.717, 1.165) is 74.2 Å². The summed E-state index contributed by atoms with van der Waals surface area (Å²) in [5, 5.41) is 24.3. The molecule has 458 valence electrons. The molecule has 8 rings (SSSR count). The number of likely N-dealkylation sites (tertiary alicyclic amines) is 1. The van der Waals surface area contributed by atoms with E-state index < -0.39 is 90.3 Å². The van der Waals surface area contributed by atoms with E-state index >= 15 is 0 Å². The number of pyridine rings is 1. The largest absolute Gasteiger partial charge is 0.479 e. The van der Waals surface area contributed by atoms with Crippen molar-refractivity contribution in [3.63, 3.8) is 0 Å². The van der Waals surface area contributed by atoms with Crippen molar-refractivity contribution in [3.8, 4) is 5.75 Å². The number of thioether (sulfide) groups is 1. The number of hydrogen-bond donors (Lipinski definition) is 3. The number of fused-ring (bicyclic) bond motifs is 1. The summed E-state index contributed by atoms with van der Waals surface area (Å²) in [6.07, 6.45) is -3.54. The maximum atomic E-state index is 14.8. The molecule has 85 heavy (non-hydrogen) atoms. The zero-order chi connectivity index (χ0) is 61.7. The molecule has 3 N–H and O–H groups in total. The van der Waals surface area contributed by atoms with E-state index in [0.29, 0.717) is 36.1 Å². The van der Waals surface area contributed by atoms with Gasteiger partial charge >= 0.3 is 36.1 Å². The first-order valence-electron chi connectivity index (χ1n) is 28.3. The summed E-state index contributed by atoms with van der Waals surface area (Å²) in [7, 11) is 1.88. The summed E-state index contributed by atoms with van der Waals surface area (Å²) < 4.78 is 41.3. The Morgan fingerprint density at radius 1 is 0.894 bits per heavy atom. The van der Waals surface area contributed by atoms with Crippen molar-refractivity contribution >= 4 is 71.3 Å². The van der Waals surface area contributed by atoms with Crippen LogP contribution in [-0.4, -0.2) is 153 Å². The van der Waals surface area contributed by atoms with Gasteiger partial charge in [-0.1, -0.05) is 19.9 Å². The van der Waals surface area contributed by atoms with E-state index in [1.165, 1.54) is 29.5 Å². The van der Waals surface area contributed by atoms with E-state index in [1.54, 1.807) is 50.7 Å². The van der Waals surface area contributed by atoms with Gasteiger partial charge in [-0.25, -0.2) is 19.4 Å². The van der Waals surface area contributed by atoms with Crippen molar-refractivity contribution < 1.29 is 76.6 Å². The molecular formula is C59H75N9O16S. The zero-order valence-corrected chi connectivity index (χ0v) is 50.6. The fourth-order valence-corrected chi connectivity index (χ4v) is 12.2. The number of carbonyl (C=O) groups is 8. The third-order valence-electron chi connectivity index (χ3n) is 15.0. The molecule has 0 unspecified atom stereocenters. The van der Waals surface area contributed by atoms with Crippen LogP contribution in [-0.2, 0) is 79.8 Å². The molecule has 2 saturated heterocycles. The fourth-order valence-electron chi connectivity index (χ4n) is 11.5. The zero-order valence-electron chi connectivity index (χ0n) is 49.8. The highest BCUT2D eigenvalue weighted by Gasteiger charge is 2.56. The number of ether oxygens (including phenoxy) is 7. The predicted molar refractivity (Wildman–Crippen MR) is 307 cm³/mol. The Labute approximate surface area is 497 Å². The van der Waals surface area contributed by atoms with Crippen molar-refractivity contribution in [2.24, 2.45) is 18.9 Å². The third kappa shape index (κ3) is 14.8. The second-order valence-electron chi connectivity index (χ2n) is 23.0. The van der Waals surface area contributed by atoms with E-state index in [-0.39, 0.29) is 54.8 Å². The van der Waals surface area contributed by atoms with E-state index in [4.69, 9.17) is 38.1 Å². The number of aliphatic carboxylic acids is 1. The minimum absolute atomic E-state index is 0.0675. The highest BCUT2D eigenvalue weighted by atomic mass is 32.2. The van der Waals surface area contributed by atoms with Gasteiger partial charge in [-0.15, -0.1) is 22.0 Å². The number of rotatable bonds is 20. The van der Waals surface area contributed by atoms with Crippen molar-refractivity contribution in [3.05, 3.63) is 88.0 Å². The number of hydrogen-bond acceptors (Lipinski definition) is 20. The molecule has 3 fully saturated rings. The molecule has 2 aromatic carbocycles. The van der Waals surface area contributed by atoms with E-state index in [2.05, 4.69) is 45.6 Å². The Balaban J connectivity index is 1.11. The van der Waals surface area contributed by atoms with Gasteiger partial charge in [-0.3, -0.25) is 38.7 Å². The molecule has 26 heteroatoms. The quantitative estimate of drug-likeness (QED) is 0.0371. The number of aryl methyl sites for hydroxylation is 1. The lowest BCUT2D eigenvalue weighted by Gasteiger charge is -2.46. The van der Waals surface area contributed by atoms with Crippen LogP contribution >= 0.6 is 11.8 Å². The molecule has 5 heterocycles. The Kier molecular flexibility index (Phi) is 19.8. The van der Waals surface area contributed by atoms with Gasteiger partial charge in [0.05, 0.1) is 17.5 Å². The first kappa shape index (κ1) is 63.2. The Morgan fingerprint density at radius 3 is 2.21 bits per heavy atom. The van der Waals surface area contributed by atoms with Gasteiger partial charge in [-0.05, 0) is 137 Å². The lowest BCUT2D eigenvalue weighted by Crippen LogP contribution is -2.64. The lowest BCUT2D eigenvalue weighted by molar-refractivity contribution is -0.281.